The molecule has 0 saturated heterocycles. The fraction of sp³-hybridized carbons (Fsp3) is 0.267. The summed E-state index contributed by atoms with van der Waals surface area (Å²) in [6.45, 7) is -2.62. The molecule has 0 aliphatic carbocycles. The Morgan fingerprint density at radius 2 is 2.22 bits per heavy atom. The maximum absolute atomic E-state index is 12.3. The molecule has 0 unspecified atom stereocenters. The van der Waals surface area contributed by atoms with Gasteiger partial charge in [0.2, 0.25) is 0 Å². The van der Waals surface area contributed by atoms with Gasteiger partial charge in [0.15, 0.2) is 17.8 Å². The van der Waals surface area contributed by atoms with Crippen molar-refractivity contribution in [1.29, 1.82) is 5.26 Å². The van der Waals surface area contributed by atoms with Crippen molar-refractivity contribution in [2.45, 2.75) is 19.6 Å². The van der Waals surface area contributed by atoms with Crippen LogP contribution in [0.1, 0.15) is 16.8 Å². The highest BCUT2D eigenvalue weighted by molar-refractivity contribution is 5.85. The van der Waals surface area contributed by atoms with Crippen LogP contribution < -0.4 is 9.47 Å². The van der Waals surface area contributed by atoms with Crippen molar-refractivity contribution in [2.75, 3.05) is 7.11 Å². The Bertz CT molecular complexity index is 738. The molecule has 8 heteroatoms. The van der Waals surface area contributed by atoms with Crippen molar-refractivity contribution >= 4 is 6.29 Å². The second-order valence-electron chi connectivity index (χ2n) is 4.47. The quantitative estimate of drug-likeness (QED) is 0.733. The summed E-state index contributed by atoms with van der Waals surface area (Å²) in [5.74, 6) is -0.00552. The number of aldehydes is 1. The van der Waals surface area contributed by atoms with E-state index in [-0.39, 0.29) is 17.9 Å². The van der Waals surface area contributed by atoms with Gasteiger partial charge in [0, 0.05) is 11.8 Å². The van der Waals surface area contributed by atoms with Gasteiger partial charge in [0.25, 0.3) is 0 Å². The molecular formula is C15H13F2N3O3. The first-order valence-corrected chi connectivity index (χ1v) is 6.61. The average Bonchev–Trinajstić information content (AvgIpc) is 2.96. The minimum atomic E-state index is -2.97. The van der Waals surface area contributed by atoms with Crippen molar-refractivity contribution < 1.29 is 23.0 Å². The summed E-state index contributed by atoms with van der Waals surface area (Å²) in [4.78, 5) is 11.2. The van der Waals surface area contributed by atoms with E-state index in [4.69, 9.17) is 10.00 Å². The van der Waals surface area contributed by atoms with Gasteiger partial charge in [-0.15, -0.1) is 0 Å². The lowest BCUT2D eigenvalue weighted by Crippen LogP contribution is -2.03. The first-order chi connectivity index (χ1) is 11.1. The molecule has 0 amide bonds. The smallest absolute Gasteiger partial charge is 0.387 e. The number of hydrogen-bond donors (Lipinski definition) is 0. The van der Waals surface area contributed by atoms with Gasteiger partial charge in [0.1, 0.15) is 5.69 Å². The van der Waals surface area contributed by atoms with E-state index < -0.39 is 6.61 Å². The van der Waals surface area contributed by atoms with E-state index >= 15 is 0 Å². The molecule has 2 rings (SSSR count). The zero-order chi connectivity index (χ0) is 16.8. The van der Waals surface area contributed by atoms with Crippen LogP contribution in [-0.4, -0.2) is 29.8 Å². The Balaban J connectivity index is 2.39. The van der Waals surface area contributed by atoms with Gasteiger partial charge >= 0.3 is 6.61 Å². The van der Waals surface area contributed by atoms with Gasteiger partial charge in [-0.2, -0.15) is 19.1 Å². The van der Waals surface area contributed by atoms with Crippen LogP contribution in [-0.2, 0) is 6.54 Å². The molecule has 0 atom stereocenters. The van der Waals surface area contributed by atoms with E-state index in [9.17, 15) is 13.6 Å². The highest BCUT2D eigenvalue weighted by Crippen LogP contribution is 2.33. The fourth-order valence-electron chi connectivity index (χ4n) is 2.03. The van der Waals surface area contributed by atoms with Gasteiger partial charge in [-0.3, -0.25) is 9.48 Å². The van der Waals surface area contributed by atoms with Gasteiger partial charge in [-0.1, -0.05) is 0 Å². The third kappa shape index (κ3) is 3.83. The number of methoxy groups -OCH3 is 1. The Hall–Kier alpha value is -2.95. The van der Waals surface area contributed by atoms with Gasteiger partial charge < -0.3 is 9.47 Å². The minimum absolute atomic E-state index is 0.103. The second-order valence-corrected chi connectivity index (χ2v) is 4.47. The number of hydrogen-bond acceptors (Lipinski definition) is 5. The van der Waals surface area contributed by atoms with Crippen LogP contribution >= 0.6 is 0 Å². The van der Waals surface area contributed by atoms with Crippen molar-refractivity contribution in [1.82, 2.24) is 9.78 Å². The van der Waals surface area contributed by atoms with Gasteiger partial charge in [0.05, 0.1) is 31.7 Å². The molecule has 6 nitrogen and oxygen atoms in total. The number of aryl methyl sites for hydroxylation is 1. The predicted molar refractivity (Wildman–Crippen MR) is 76.5 cm³/mol. The number of nitriles is 1. The molecule has 1 heterocycles. The molecule has 1 aromatic heterocycles. The van der Waals surface area contributed by atoms with Crippen molar-refractivity contribution in [3.63, 3.8) is 0 Å². The highest BCUT2D eigenvalue weighted by atomic mass is 19.3. The second kappa shape index (κ2) is 7.35. The van der Waals surface area contributed by atoms with Crippen LogP contribution in [0, 0.1) is 11.3 Å². The molecule has 0 radical (unpaired) electrons. The number of rotatable bonds is 7. The van der Waals surface area contributed by atoms with Crippen LogP contribution in [0.25, 0.3) is 11.3 Å². The molecule has 1 aromatic carbocycles. The third-order valence-corrected chi connectivity index (χ3v) is 3.02. The Morgan fingerprint density at radius 3 is 2.83 bits per heavy atom. The van der Waals surface area contributed by atoms with E-state index in [2.05, 4.69) is 9.84 Å². The SMILES string of the molecule is COc1cc(-c2nn(CCC#N)cc2C=O)ccc1OC(F)F. The lowest BCUT2D eigenvalue weighted by Gasteiger charge is -2.10. The molecular weight excluding hydrogens is 308 g/mol. The molecule has 2 aromatic rings. The molecule has 0 fully saturated rings. The first kappa shape index (κ1) is 16.4. The third-order valence-electron chi connectivity index (χ3n) is 3.02. The molecule has 0 N–H and O–H groups in total. The zero-order valence-corrected chi connectivity index (χ0v) is 12.2. The highest BCUT2D eigenvalue weighted by Gasteiger charge is 2.15. The van der Waals surface area contributed by atoms with Crippen LogP contribution in [0.3, 0.4) is 0 Å². The van der Waals surface area contributed by atoms with Crippen LogP contribution in [0.5, 0.6) is 11.5 Å². The van der Waals surface area contributed by atoms with Crippen molar-refractivity contribution in [3.05, 3.63) is 30.0 Å². The number of alkyl halides is 2. The maximum atomic E-state index is 12.3. The number of benzene rings is 1. The van der Waals surface area contributed by atoms with E-state index in [1.54, 1.807) is 0 Å². The summed E-state index contributed by atoms with van der Waals surface area (Å²) in [5.41, 5.74) is 1.22. The molecule has 0 aliphatic heterocycles. The largest absolute Gasteiger partial charge is 0.493 e. The van der Waals surface area contributed by atoms with E-state index in [1.807, 2.05) is 6.07 Å². The lowest BCUT2D eigenvalue weighted by atomic mass is 10.1. The summed E-state index contributed by atoms with van der Waals surface area (Å²) in [6, 6.07) is 6.28. The molecule has 23 heavy (non-hydrogen) atoms. The topological polar surface area (TPSA) is 77.1 Å². The Morgan fingerprint density at radius 1 is 1.43 bits per heavy atom. The zero-order valence-electron chi connectivity index (χ0n) is 12.2. The Kier molecular flexibility index (Phi) is 5.25. The summed E-state index contributed by atoms with van der Waals surface area (Å²) < 4.78 is 35.5. The van der Waals surface area contributed by atoms with Crippen LogP contribution in [0.4, 0.5) is 8.78 Å². The standard InChI is InChI=1S/C15H13F2N3O3/c1-22-13-7-10(3-4-12(13)23-15(16)17)14-11(9-21)8-20(19-14)6-2-5-18/h3-4,7-9,15H,2,6H2,1H3. The number of aromatic nitrogens is 2. The number of ether oxygens (including phenoxy) is 2. The molecule has 0 spiro atoms. The summed E-state index contributed by atoms with van der Waals surface area (Å²) in [7, 11) is 1.32. The average molecular weight is 321 g/mol. The number of halogens is 2. The summed E-state index contributed by atoms with van der Waals surface area (Å²) in [5, 5.41) is 12.8. The predicted octanol–water partition coefficient (Wildman–Crippen LogP) is 2.89. The van der Waals surface area contributed by atoms with Crippen LogP contribution in [0.2, 0.25) is 0 Å². The van der Waals surface area contributed by atoms with Gasteiger partial charge in [-0.25, -0.2) is 0 Å². The first-order valence-electron chi connectivity index (χ1n) is 6.61. The minimum Gasteiger partial charge on any atom is -0.493 e. The lowest BCUT2D eigenvalue weighted by molar-refractivity contribution is -0.0512. The van der Waals surface area contributed by atoms with Crippen molar-refractivity contribution in [2.24, 2.45) is 0 Å². The maximum Gasteiger partial charge on any atom is 0.387 e. The summed E-state index contributed by atoms with van der Waals surface area (Å²) in [6.07, 6.45) is 2.42. The van der Waals surface area contributed by atoms with Gasteiger partial charge in [-0.05, 0) is 18.2 Å². The Labute approximate surface area is 130 Å². The van der Waals surface area contributed by atoms with E-state index in [0.717, 1.165) is 0 Å². The number of carbonyl (C=O) groups is 1. The molecule has 0 saturated carbocycles. The van der Waals surface area contributed by atoms with E-state index in [1.165, 1.54) is 36.2 Å². The number of carbonyl (C=O) groups excluding carboxylic acids is 1. The molecule has 0 bridgehead atoms. The van der Waals surface area contributed by atoms with E-state index in [0.29, 0.717) is 29.7 Å². The van der Waals surface area contributed by atoms with Crippen molar-refractivity contribution in [3.8, 4) is 28.8 Å². The fourth-order valence-corrected chi connectivity index (χ4v) is 2.03. The molecule has 0 aliphatic rings. The normalized spacial score (nSPS) is 10.4. The summed E-state index contributed by atoms with van der Waals surface area (Å²) >= 11 is 0. The monoisotopic (exact) mass is 321 g/mol. The van der Waals surface area contributed by atoms with Crippen LogP contribution in [0.15, 0.2) is 24.4 Å². The number of nitrogens with zero attached hydrogens (tertiary/aromatic N) is 3. The molecule has 120 valence electrons.